The summed E-state index contributed by atoms with van der Waals surface area (Å²) in [5.41, 5.74) is 2.14. The van der Waals surface area contributed by atoms with Gasteiger partial charge in [-0.15, -0.1) is 0 Å². The number of rotatable bonds is 3. The number of phenols is 1. The quantitative estimate of drug-likeness (QED) is 0.576. The van der Waals surface area contributed by atoms with Crippen molar-refractivity contribution in [3.63, 3.8) is 0 Å². The third-order valence-electron chi connectivity index (χ3n) is 5.47. The third kappa shape index (κ3) is 5.61. The Morgan fingerprint density at radius 3 is 2.64 bits per heavy atom. The van der Waals surface area contributed by atoms with Gasteiger partial charge in [0.2, 0.25) is 0 Å². The van der Waals surface area contributed by atoms with Gasteiger partial charge in [-0.25, -0.2) is 4.79 Å². The van der Waals surface area contributed by atoms with Gasteiger partial charge in [-0.2, -0.15) is 0 Å². The molecule has 154 valence electrons. The van der Waals surface area contributed by atoms with Gasteiger partial charge in [-0.1, -0.05) is 31.6 Å². The first-order chi connectivity index (χ1) is 13.1. The number of carbonyl (C=O) groups is 1. The average Bonchev–Trinajstić information content (AvgIpc) is 2.65. The van der Waals surface area contributed by atoms with Crippen LogP contribution < -0.4 is 4.74 Å². The van der Waals surface area contributed by atoms with Crippen LogP contribution >= 0.6 is 0 Å². The number of hydrogen-bond acceptors (Lipinski definition) is 5. The molecule has 0 aliphatic heterocycles. The number of hydrogen-bond donors (Lipinski definition) is 2. The minimum atomic E-state index is -0.610. The Morgan fingerprint density at radius 2 is 1.96 bits per heavy atom. The Hall–Kier alpha value is -2.27. The summed E-state index contributed by atoms with van der Waals surface area (Å²) in [5, 5.41) is 20.4. The van der Waals surface area contributed by atoms with Gasteiger partial charge in [0.25, 0.3) is 0 Å². The van der Waals surface area contributed by atoms with E-state index in [-0.39, 0.29) is 16.9 Å². The van der Waals surface area contributed by atoms with E-state index in [1.165, 1.54) is 30.9 Å². The van der Waals surface area contributed by atoms with Gasteiger partial charge in [0, 0.05) is 6.42 Å². The lowest BCUT2D eigenvalue weighted by molar-refractivity contribution is 0.0367. The summed E-state index contributed by atoms with van der Waals surface area (Å²) in [7, 11) is 1.43. The first-order valence-electron chi connectivity index (χ1n) is 9.74. The van der Waals surface area contributed by atoms with Gasteiger partial charge in [0.15, 0.2) is 11.5 Å². The molecule has 2 atom stereocenters. The molecule has 0 unspecified atom stereocenters. The highest BCUT2D eigenvalue weighted by Gasteiger charge is 2.28. The number of ether oxygens (including phenoxy) is 2. The van der Waals surface area contributed by atoms with Crippen LogP contribution in [0.5, 0.6) is 11.5 Å². The molecule has 28 heavy (non-hydrogen) atoms. The predicted molar refractivity (Wildman–Crippen MR) is 110 cm³/mol. The van der Waals surface area contributed by atoms with Crippen LogP contribution in [0, 0.1) is 5.41 Å². The van der Waals surface area contributed by atoms with E-state index in [4.69, 9.17) is 9.47 Å². The van der Waals surface area contributed by atoms with E-state index >= 15 is 0 Å². The Bertz CT molecular complexity index is 760. The van der Waals surface area contributed by atoms with Crippen molar-refractivity contribution in [3.05, 3.63) is 47.1 Å². The molecule has 1 aromatic rings. The van der Waals surface area contributed by atoms with Crippen LogP contribution in [0.15, 0.2) is 41.5 Å². The van der Waals surface area contributed by atoms with Crippen LogP contribution in [0.25, 0.3) is 0 Å². The topological polar surface area (TPSA) is 76.0 Å². The van der Waals surface area contributed by atoms with E-state index in [1.54, 1.807) is 0 Å². The lowest BCUT2D eigenvalue weighted by Crippen LogP contribution is -2.29. The second-order valence-corrected chi connectivity index (χ2v) is 8.26. The molecule has 0 saturated carbocycles. The van der Waals surface area contributed by atoms with Crippen molar-refractivity contribution < 1.29 is 24.5 Å². The SMILES string of the molecule is COc1cc(C(=O)O[C@@H]2CC=C(C)CCCC(C)(C)[C@@H](O)/C=C\2C)ccc1O. The van der Waals surface area contributed by atoms with Crippen LogP contribution in [0.2, 0.25) is 0 Å². The maximum Gasteiger partial charge on any atom is 0.338 e. The van der Waals surface area contributed by atoms with Crippen LogP contribution in [0.4, 0.5) is 0 Å². The fourth-order valence-electron chi connectivity index (χ4n) is 3.29. The fourth-order valence-corrected chi connectivity index (χ4v) is 3.29. The van der Waals surface area contributed by atoms with E-state index in [0.717, 1.165) is 24.8 Å². The number of benzene rings is 1. The van der Waals surface area contributed by atoms with Gasteiger partial charge >= 0.3 is 5.97 Å². The molecule has 2 N–H and O–H groups in total. The number of phenolic OH excluding ortho intramolecular Hbond substituents is 1. The normalized spacial score (nSPS) is 24.9. The van der Waals surface area contributed by atoms with Gasteiger partial charge in [0.1, 0.15) is 6.10 Å². The van der Waals surface area contributed by atoms with E-state index < -0.39 is 18.2 Å². The van der Waals surface area contributed by atoms with Crippen molar-refractivity contribution in [1.29, 1.82) is 0 Å². The summed E-state index contributed by atoms with van der Waals surface area (Å²) in [4.78, 5) is 12.7. The van der Waals surface area contributed by atoms with Crippen LogP contribution in [0.1, 0.15) is 63.7 Å². The molecule has 2 rings (SSSR count). The van der Waals surface area contributed by atoms with Crippen molar-refractivity contribution in [2.75, 3.05) is 7.11 Å². The Morgan fingerprint density at radius 1 is 1.25 bits per heavy atom. The number of esters is 1. The van der Waals surface area contributed by atoms with E-state index in [0.29, 0.717) is 12.0 Å². The molecule has 0 saturated heterocycles. The van der Waals surface area contributed by atoms with Crippen molar-refractivity contribution in [3.8, 4) is 11.5 Å². The van der Waals surface area contributed by atoms with Gasteiger partial charge in [-0.3, -0.25) is 0 Å². The van der Waals surface area contributed by atoms with Crippen molar-refractivity contribution in [2.45, 2.75) is 65.6 Å². The second-order valence-electron chi connectivity index (χ2n) is 8.26. The van der Waals surface area contributed by atoms with Gasteiger partial charge in [0.05, 0.1) is 18.8 Å². The average molecular weight is 389 g/mol. The highest BCUT2D eigenvalue weighted by atomic mass is 16.5. The van der Waals surface area contributed by atoms with E-state index in [9.17, 15) is 15.0 Å². The smallest absolute Gasteiger partial charge is 0.338 e. The van der Waals surface area contributed by atoms with Crippen molar-refractivity contribution in [1.82, 2.24) is 0 Å². The summed E-state index contributed by atoms with van der Waals surface area (Å²) in [6.45, 7) is 8.09. The van der Waals surface area contributed by atoms with E-state index in [1.807, 2.05) is 13.0 Å². The zero-order valence-corrected chi connectivity index (χ0v) is 17.5. The fraction of sp³-hybridized carbons (Fsp3) is 0.522. The number of allylic oxidation sites excluding steroid dienone is 1. The Kier molecular flexibility index (Phi) is 7.30. The van der Waals surface area contributed by atoms with Crippen LogP contribution in [-0.2, 0) is 4.74 Å². The number of aromatic hydroxyl groups is 1. The number of methoxy groups -OCH3 is 1. The monoisotopic (exact) mass is 388 g/mol. The molecule has 1 aliphatic rings. The minimum Gasteiger partial charge on any atom is -0.504 e. The number of carbonyl (C=O) groups excluding carboxylic acids is 1. The summed E-state index contributed by atoms with van der Waals surface area (Å²) >= 11 is 0. The molecule has 0 radical (unpaired) electrons. The third-order valence-corrected chi connectivity index (χ3v) is 5.47. The second kappa shape index (κ2) is 9.28. The standard InChI is InChI=1S/C23H32O5/c1-15-7-6-12-23(3,4)21(25)13-16(2)19(11-8-15)28-22(26)17-9-10-18(24)20(14-17)27-5/h8-10,13-14,19,21,24-25H,6-7,11-12H2,1-5H3/b15-8?,16-13-/t19-,21+/m1/s1. The molecule has 1 aromatic carbocycles. The van der Waals surface area contributed by atoms with Crippen molar-refractivity contribution in [2.24, 2.45) is 5.41 Å². The summed E-state index contributed by atoms with van der Waals surface area (Å²) in [6, 6.07) is 4.37. The maximum atomic E-state index is 12.7. The Labute approximate surface area is 167 Å². The molecule has 5 heteroatoms. The highest BCUT2D eigenvalue weighted by molar-refractivity contribution is 5.90. The predicted octanol–water partition coefficient (Wildman–Crippen LogP) is 4.78. The molecular weight excluding hydrogens is 356 g/mol. The largest absolute Gasteiger partial charge is 0.504 e. The molecule has 0 fully saturated rings. The molecular formula is C23H32O5. The maximum absolute atomic E-state index is 12.7. The van der Waals surface area contributed by atoms with Crippen molar-refractivity contribution >= 4 is 5.97 Å². The minimum absolute atomic E-state index is 0.0334. The van der Waals surface area contributed by atoms with Gasteiger partial charge < -0.3 is 19.7 Å². The summed E-state index contributed by atoms with van der Waals surface area (Å²) < 4.78 is 10.8. The lowest BCUT2D eigenvalue weighted by Gasteiger charge is -2.29. The highest BCUT2D eigenvalue weighted by Crippen LogP contribution is 2.32. The number of aliphatic hydroxyl groups is 1. The van der Waals surface area contributed by atoms with Crippen LogP contribution in [0.3, 0.4) is 0 Å². The molecule has 0 amide bonds. The van der Waals surface area contributed by atoms with E-state index in [2.05, 4.69) is 26.8 Å². The number of aliphatic hydroxyl groups excluding tert-OH is 1. The van der Waals surface area contributed by atoms with Gasteiger partial charge in [-0.05, 0) is 62.3 Å². The molecule has 0 aromatic heterocycles. The zero-order valence-electron chi connectivity index (χ0n) is 17.5. The molecule has 0 spiro atoms. The Balaban J connectivity index is 2.28. The molecule has 5 nitrogen and oxygen atoms in total. The summed E-state index contributed by atoms with van der Waals surface area (Å²) in [5.74, 6) is -0.309. The first-order valence-corrected chi connectivity index (χ1v) is 9.74. The molecule has 0 bridgehead atoms. The first kappa shape index (κ1) is 22.0. The zero-order chi connectivity index (χ0) is 20.9. The molecule has 1 aliphatic carbocycles. The lowest BCUT2D eigenvalue weighted by atomic mass is 9.80. The summed E-state index contributed by atoms with van der Waals surface area (Å²) in [6.07, 6.45) is 6.29. The van der Waals surface area contributed by atoms with Crippen LogP contribution in [-0.4, -0.2) is 35.5 Å². The molecule has 0 heterocycles.